The largest absolute Gasteiger partial charge is 0.455 e. The number of fused-ring (bicyclic) bond motifs is 8. The highest BCUT2D eigenvalue weighted by Gasteiger charge is 2.21. The van der Waals surface area contributed by atoms with Gasteiger partial charge in [-0.2, -0.15) is 0 Å². The van der Waals surface area contributed by atoms with Crippen LogP contribution in [0.5, 0.6) is 0 Å². The van der Waals surface area contributed by atoms with Crippen LogP contribution in [-0.4, -0.2) is 14.0 Å². The van der Waals surface area contributed by atoms with E-state index in [1.807, 2.05) is 12.1 Å². The predicted molar refractivity (Wildman–Crippen MR) is 193 cm³/mol. The first-order chi connectivity index (χ1) is 23.3. The molecule has 0 atom stereocenters. The Morgan fingerprint density at radius 1 is 0.489 bits per heavy atom. The van der Waals surface area contributed by atoms with E-state index in [1.54, 1.807) is 0 Å². The minimum Gasteiger partial charge on any atom is -0.455 e. The van der Waals surface area contributed by atoms with Gasteiger partial charge in [-0.3, -0.25) is 4.40 Å². The Labute approximate surface area is 270 Å². The number of rotatable bonds is 4. The van der Waals surface area contributed by atoms with Crippen molar-refractivity contribution in [2.24, 2.45) is 0 Å². The Bertz CT molecular complexity index is 2770. The van der Waals surface area contributed by atoms with Crippen LogP contribution in [0, 0.1) is 0 Å². The van der Waals surface area contributed by atoms with E-state index in [1.165, 1.54) is 21.8 Å². The molecule has 4 heterocycles. The number of aromatic nitrogens is 3. The monoisotopic (exact) mass is 601 g/mol. The summed E-state index contributed by atoms with van der Waals surface area (Å²) in [6, 6.07) is 55.4. The van der Waals surface area contributed by atoms with Crippen LogP contribution in [0.2, 0.25) is 0 Å². The second kappa shape index (κ2) is 10.1. The van der Waals surface area contributed by atoms with E-state index in [0.29, 0.717) is 0 Å². The van der Waals surface area contributed by atoms with Crippen LogP contribution >= 0.6 is 0 Å². The lowest BCUT2D eigenvalue weighted by Crippen LogP contribution is -1.92. The Balaban J connectivity index is 1.15. The van der Waals surface area contributed by atoms with Crippen LogP contribution in [-0.2, 0) is 0 Å². The number of hydrogen-bond acceptors (Lipinski definition) is 2. The lowest BCUT2D eigenvalue weighted by atomic mass is 9.98. The molecule has 4 nitrogen and oxygen atoms in total. The van der Waals surface area contributed by atoms with Crippen LogP contribution in [0.15, 0.2) is 168 Å². The third-order valence-electron chi connectivity index (χ3n) is 9.36. The van der Waals surface area contributed by atoms with Crippen molar-refractivity contribution in [1.29, 1.82) is 0 Å². The lowest BCUT2D eigenvalue weighted by molar-refractivity contribution is 0.670. The average Bonchev–Trinajstić information content (AvgIpc) is 3.82. The van der Waals surface area contributed by atoms with Crippen molar-refractivity contribution >= 4 is 49.4 Å². The van der Waals surface area contributed by atoms with E-state index in [4.69, 9.17) is 9.40 Å². The van der Waals surface area contributed by atoms with E-state index < -0.39 is 0 Å². The minimum atomic E-state index is 0.893. The number of pyridine rings is 1. The summed E-state index contributed by atoms with van der Waals surface area (Å²) in [4.78, 5) is 5.06. The highest BCUT2D eigenvalue weighted by atomic mass is 16.3. The van der Waals surface area contributed by atoms with Crippen LogP contribution in [0.4, 0.5) is 0 Å². The molecule has 10 aromatic rings. The highest BCUT2D eigenvalue weighted by Crippen LogP contribution is 2.43. The van der Waals surface area contributed by atoms with Gasteiger partial charge in [-0.15, -0.1) is 0 Å². The Kier molecular flexibility index (Phi) is 5.54. The molecular formula is C43H27N3O. The fourth-order valence-electron chi connectivity index (χ4n) is 7.31. The molecule has 4 aromatic heterocycles. The topological polar surface area (TPSA) is 35.4 Å². The summed E-state index contributed by atoms with van der Waals surface area (Å²) >= 11 is 0. The Hall–Kier alpha value is -6.39. The van der Waals surface area contributed by atoms with Gasteiger partial charge in [0.1, 0.15) is 16.8 Å². The van der Waals surface area contributed by atoms with Gasteiger partial charge >= 0.3 is 0 Å². The minimum absolute atomic E-state index is 0.893. The van der Waals surface area contributed by atoms with Gasteiger partial charge in [0.2, 0.25) is 0 Å². The van der Waals surface area contributed by atoms with Gasteiger partial charge in [-0.25, -0.2) is 4.98 Å². The zero-order chi connectivity index (χ0) is 30.9. The van der Waals surface area contributed by atoms with Gasteiger partial charge in [-0.1, -0.05) is 115 Å². The van der Waals surface area contributed by atoms with Crippen molar-refractivity contribution in [3.63, 3.8) is 0 Å². The van der Waals surface area contributed by atoms with E-state index in [2.05, 4.69) is 161 Å². The van der Waals surface area contributed by atoms with Gasteiger partial charge in [-0.05, 0) is 48.0 Å². The highest BCUT2D eigenvalue weighted by molar-refractivity contribution is 6.28. The third-order valence-corrected chi connectivity index (χ3v) is 9.36. The molecule has 0 spiro atoms. The molecule has 0 radical (unpaired) electrons. The van der Waals surface area contributed by atoms with Gasteiger partial charge < -0.3 is 8.98 Å². The zero-order valence-corrected chi connectivity index (χ0v) is 25.3. The molecule has 0 unspecified atom stereocenters. The van der Waals surface area contributed by atoms with Gasteiger partial charge in [0.25, 0.3) is 0 Å². The maximum atomic E-state index is 6.72. The number of furan rings is 1. The summed E-state index contributed by atoms with van der Waals surface area (Å²) < 4.78 is 11.2. The maximum Gasteiger partial charge on any atom is 0.143 e. The molecule has 0 aliphatic heterocycles. The van der Waals surface area contributed by atoms with E-state index in [9.17, 15) is 0 Å². The lowest BCUT2D eigenvalue weighted by Gasteiger charge is -2.07. The standard InChI is InChI=1S/C43H27N3O/c1-3-12-30(13-4-1)42-41(44-38-20-9-10-27-45(38)42)29-23-21-28(22-24-29)32-17-11-18-34-40-37(47-43(32)34)26-25-36-39(40)33-16-7-8-19-35(33)46(36)31-14-5-2-6-15-31/h1-27H. The Morgan fingerprint density at radius 3 is 2.06 bits per heavy atom. The van der Waals surface area contributed by atoms with E-state index in [-0.39, 0.29) is 0 Å². The first kappa shape index (κ1) is 25.9. The average molecular weight is 602 g/mol. The van der Waals surface area contributed by atoms with Gasteiger partial charge in [0, 0.05) is 50.1 Å². The summed E-state index contributed by atoms with van der Waals surface area (Å²) in [5, 5.41) is 4.71. The molecule has 10 rings (SSSR count). The summed E-state index contributed by atoms with van der Waals surface area (Å²) in [5.41, 5.74) is 12.7. The second-order valence-corrected chi connectivity index (χ2v) is 12.0. The molecule has 0 saturated heterocycles. The van der Waals surface area contributed by atoms with Crippen molar-refractivity contribution < 1.29 is 4.42 Å². The van der Waals surface area contributed by atoms with Crippen molar-refractivity contribution in [3.8, 4) is 39.3 Å². The maximum absolute atomic E-state index is 6.72. The molecule has 0 aliphatic carbocycles. The first-order valence-corrected chi connectivity index (χ1v) is 15.9. The SMILES string of the molecule is c1ccc(-c2c(-c3ccc(-c4cccc5c4oc4ccc6c(c7ccccc7n6-c6ccccc6)c45)cc3)nc3ccccn23)cc1. The molecule has 0 fully saturated rings. The third kappa shape index (κ3) is 3.85. The normalized spacial score (nSPS) is 11.8. The van der Waals surface area contributed by atoms with Crippen LogP contribution < -0.4 is 0 Å². The van der Waals surface area contributed by atoms with Crippen LogP contribution in [0.3, 0.4) is 0 Å². The first-order valence-electron chi connectivity index (χ1n) is 15.9. The number of imidazole rings is 1. The Morgan fingerprint density at radius 2 is 1.21 bits per heavy atom. The van der Waals surface area contributed by atoms with Crippen LogP contribution in [0.25, 0.3) is 88.7 Å². The second-order valence-electron chi connectivity index (χ2n) is 12.0. The van der Waals surface area contributed by atoms with Gasteiger partial charge in [0.05, 0.1) is 22.4 Å². The van der Waals surface area contributed by atoms with Gasteiger partial charge in [0.15, 0.2) is 0 Å². The molecule has 6 aromatic carbocycles. The smallest absolute Gasteiger partial charge is 0.143 e. The van der Waals surface area contributed by atoms with Crippen LogP contribution in [0.1, 0.15) is 0 Å². The predicted octanol–water partition coefficient (Wildman–Crippen LogP) is 11.3. The molecule has 47 heavy (non-hydrogen) atoms. The summed E-state index contributed by atoms with van der Waals surface area (Å²) in [5.74, 6) is 0. The molecule has 0 amide bonds. The fourth-order valence-corrected chi connectivity index (χ4v) is 7.31. The summed E-state index contributed by atoms with van der Waals surface area (Å²) in [6.45, 7) is 0. The van der Waals surface area contributed by atoms with Crippen molar-refractivity contribution in [3.05, 3.63) is 164 Å². The molecule has 0 aliphatic rings. The molecular weight excluding hydrogens is 574 g/mol. The molecule has 0 bridgehead atoms. The van der Waals surface area contributed by atoms with Crippen molar-refractivity contribution in [2.45, 2.75) is 0 Å². The number of para-hydroxylation sites is 3. The number of nitrogens with zero attached hydrogens (tertiary/aromatic N) is 3. The van der Waals surface area contributed by atoms with Crippen molar-refractivity contribution in [2.75, 3.05) is 0 Å². The van der Waals surface area contributed by atoms with Crippen molar-refractivity contribution in [1.82, 2.24) is 14.0 Å². The van der Waals surface area contributed by atoms with E-state index in [0.717, 1.165) is 66.9 Å². The molecule has 220 valence electrons. The molecule has 0 saturated carbocycles. The summed E-state index contributed by atoms with van der Waals surface area (Å²) in [7, 11) is 0. The molecule has 0 N–H and O–H groups in total. The number of benzene rings is 6. The quantitative estimate of drug-likeness (QED) is 0.201. The number of hydrogen-bond donors (Lipinski definition) is 0. The molecule has 4 heteroatoms. The van der Waals surface area contributed by atoms with E-state index >= 15 is 0 Å². The fraction of sp³-hybridized carbons (Fsp3) is 0. The summed E-state index contributed by atoms with van der Waals surface area (Å²) in [6.07, 6.45) is 2.08. The zero-order valence-electron chi connectivity index (χ0n) is 25.3.